The van der Waals surface area contributed by atoms with Gasteiger partial charge in [0, 0.05) is 0 Å². The number of rotatable bonds is 4. The van der Waals surface area contributed by atoms with Gasteiger partial charge >= 0.3 is 5.97 Å². The minimum Gasteiger partial charge on any atom is -0.422 e. The number of amides is 1. The highest BCUT2D eigenvalue weighted by atomic mass is 16.5. The normalized spacial score (nSPS) is 10.2. The molecule has 0 aromatic heterocycles. The summed E-state index contributed by atoms with van der Waals surface area (Å²) < 4.78 is 5.30. The van der Waals surface area contributed by atoms with Crippen LogP contribution in [-0.2, 0) is 0 Å². The van der Waals surface area contributed by atoms with Crippen molar-refractivity contribution in [3.8, 4) is 16.9 Å². The number of esters is 1. The zero-order valence-electron chi connectivity index (χ0n) is 12.8. The van der Waals surface area contributed by atoms with E-state index < -0.39 is 11.9 Å². The van der Waals surface area contributed by atoms with Crippen molar-refractivity contribution in [3.05, 3.63) is 90.0 Å². The lowest BCUT2D eigenvalue weighted by Gasteiger charge is -2.08. The second-order valence-corrected chi connectivity index (χ2v) is 5.19. The first-order chi connectivity index (χ1) is 11.6. The minimum absolute atomic E-state index is 0.155. The molecule has 2 N–H and O–H groups in total. The maximum atomic E-state index is 12.3. The number of hydrogen-bond acceptors (Lipinski definition) is 3. The van der Waals surface area contributed by atoms with Crippen molar-refractivity contribution in [1.82, 2.24) is 0 Å². The van der Waals surface area contributed by atoms with E-state index in [4.69, 9.17) is 10.5 Å². The number of hydrogen-bond donors (Lipinski definition) is 1. The standard InChI is InChI=1S/C20H15NO3/c21-19(22)17-8-4-5-9-18(17)24-20(23)16-12-10-15(11-13-16)14-6-2-1-3-7-14/h1-13H,(H2,21,22). The topological polar surface area (TPSA) is 69.4 Å². The van der Waals surface area contributed by atoms with E-state index in [1.807, 2.05) is 42.5 Å². The lowest BCUT2D eigenvalue weighted by Crippen LogP contribution is -2.15. The SMILES string of the molecule is NC(=O)c1ccccc1OC(=O)c1ccc(-c2ccccc2)cc1. The van der Waals surface area contributed by atoms with Gasteiger partial charge in [0.05, 0.1) is 11.1 Å². The fourth-order valence-electron chi connectivity index (χ4n) is 2.35. The fourth-order valence-corrected chi connectivity index (χ4v) is 2.35. The van der Waals surface area contributed by atoms with Crippen LogP contribution in [0, 0.1) is 0 Å². The van der Waals surface area contributed by atoms with E-state index >= 15 is 0 Å². The van der Waals surface area contributed by atoms with Crippen molar-refractivity contribution in [2.75, 3.05) is 0 Å². The van der Waals surface area contributed by atoms with Crippen LogP contribution in [0.5, 0.6) is 5.75 Å². The Morgan fingerprint density at radius 1 is 0.708 bits per heavy atom. The van der Waals surface area contributed by atoms with E-state index in [1.54, 1.807) is 24.3 Å². The van der Waals surface area contributed by atoms with Crippen LogP contribution in [0.25, 0.3) is 11.1 Å². The van der Waals surface area contributed by atoms with Gasteiger partial charge in [0.15, 0.2) is 0 Å². The van der Waals surface area contributed by atoms with Crippen molar-refractivity contribution in [2.45, 2.75) is 0 Å². The molecule has 0 atom stereocenters. The molecule has 0 spiro atoms. The largest absolute Gasteiger partial charge is 0.422 e. The smallest absolute Gasteiger partial charge is 0.343 e. The average molecular weight is 317 g/mol. The van der Waals surface area contributed by atoms with Crippen molar-refractivity contribution >= 4 is 11.9 Å². The van der Waals surface area contributed by atoms with Gasteiger partial charge in [-0.15, -0.1) is 0 Å². The first-order valence-corrected chi connectivity index (χ1v) is 7.41. The van der Waals surface area contributed by atoms with Crippen LogP contribution in [0.4, 0.5) is 0 Å². The molecule has 0 saturated carbocycles. The van der Waals surface area contributed by atoms with Gasteiger partial charge in [-0.25, -0.2) is 4.79 Å². The molecule has 3 aromatic carbocycles. The molecular weight excluding hydrogens is 302 g/mol. The molecule has 0 fully saturated rings. The summed E-state index contributed by atoms with van der Waals surface area (Å²) in [5, 5.41) is 0. The van der Waals surface area contributed by atoms with Crippen molar-refractivity contribution in [3.63, 3.8) is 0 Å². The summed E-state index contributed by atoms with van der Waals surface area (Å²) >= 11 is 0. The van der Waals surface area contributed by atoms with Crippen molar-refractivity contribution in [1.29, 1.82) is 0 Å². The van der Waals surface area contributed by atoms with Crippen LogP contribution in [0.3, 0.4) is 0 Å². The van der Waals surface area contributed by atoms with Crippen molar-refractivity contribution < 1.29 is 14.3 Å². The number of nitrogens with two attached hydrogens (primary N) is 1. The number of carbonyl (C=O) groups is 2. The maximum absolute atomic E-state index is 12.3. The molecule has 1 amide bonds. The number of carbonyl (C=O) groups excluding carboxylic acids is 2. The second kappa shape index (κ2) is 6.79. The molecule has 4 heteroatoms. The van der Waals surface area contributed by atoms with Gasteiger partial charge in [-0.1, -0.05) is 54.6 Å². The molecule has 0 saturated heterocycles. The number of para-hydroxylation sites is 1. The molecule has 0 heterocycles. The molecule has 0 radical (unpaired) electrons. The molecule has 0 unspecified atom stereocenters. The Morgan fingerprint density at radius 3 is 1.96 bits per heavy atom. The van der Waals surface area contributed by atoms with E-state index in [-0.39, 0.29) is 11.3 Å². The highest BCUT2D eigenvalue weighted by Gasteiger charge is 2.14. The van der Waals surface area contributed by atoms with E-state index in [2.05, 4.69) is 0 Å². The van der Waals surface area contributed by atoms with Gasteiger partial charge in [0.1, 0.15) is 5.75 Å². The molecule has 0 bridgehead atoms. The van der Waals surface area contributed by atoms with E-state index in [9.17, 15) is 9.59 Å². The highest BCUT2D eigenvalue weighted by molar-refractivity contribution is 5.98. The number of benzene rings is 3. The molecule has 3 aromatic rings. The summed E-state index contributed by atoms with van der Waals surface area (Å²) in [5.74, 6) is -1.02. The van der Waals surface area contributed by atoms with E-state index in [0.29, 0.717) is 5.56 Å². The quantitative estimate of drug-likeness (QED) is 0.589. The van der Waals surface area contributed by atoms with E-state index in [0.717, 1.165) is 11.1 Å². The first kappa shape index (κ1) is 15.5. The summed E-state index contributed by atoms with van der Waals surface area (Å²) in [5.41, 5.74) is 7.92. The lowest BCUT2D eigenvalue weighted by atomic mass is 10.0. The summed E-state index contributed by atoms with van der Waals surface area (Å²) in [7, 11) is 0. The predicted octanol–water partition coefficient (Wildman–Crippen LogP) is 3.67. The van der Waals surface area contributed by atoms with E-state index in [1.165, 1.54) is 12.1 Å². The third-order valence-electron chi connectivity index (χ3n) is 3.58. The number of primary amides is 1. The molecule has 118 valence electrons. The van der Waals surface area contributed by atoms with Crippen LogP contribution in [-0.4, -0.2) is 11.9 Å². The molecule has 3 rings (SSSR count). The van der Waals surface area contributed by atoms with Gasteiger partial charge in [-0.05, 0) is 35.4 Å². The van der Waals surface area contributed by atoms with Crippen molar-refractivity contribution in [2.24, 2.45) is 5.73 Å². The Kier molecular flexibility index (Phi) is 4.38. The van der Waals surface area contributed by atoms with Gasteiger partial charge in [0.2, 0.25) is 0 Å². The lowest BCUT2D eigenvalue weighted by molar-refractivity contribution is 0.0732. The Balaban J connectivity index is 1.80. The molecule has 0 aliphatic carbocycles. The van der Waals surface area contributed by atoms with Crippen LogP contribution in [0.1, 0.15) is 20.7 Å². The monoisotopic (exact) mass is 317 g/mol. The Labute approximate surface area is 139 Å². The summed E-state index contributed by atoms with van der Waals surface area (Å²) in [6, 6.07) is 23.3. The zero-order chi connectivity index (χ0) is 16.9. The summed E-state index contributed by atoms with van der Waals surface area (Å²) in [6.45, 7) is 0. The molecule has 24 heavy (non-hydrogen) atoms. The summed E-state index contributed by atoms with van der Waals surface area (Å²) in [4.78, 5) is 23.6. The van der Waals surface area contributed by atoms with Gasteiger partial charge < -0.3 is 10.5 Å². The third kappa shape index (κ3) is 3.33. The maximum Gasteiger partial charge on any atom is 0.343 e. The highest BCUT2D eigenvalue weighted by Crippen LogP contribution is 2.21. The van der Waals surface area contributed by atoms with Gasteiger partial charge in [0.25, 0.3) is 5.91 Å². The fraction of sp³-hybridized carbons (Fsp3) is 0. The molecule has 0 aliphatic heterocycles. The predicted molar refractivity (Wildman–Crippen MR) is 91.8 cm³/mol. The van der Waals surface area contributed by atoms with Crippen LogP contribution >= 0.6 is 0 Å². The third-order valence-corrected chi connectivity index (χ3v) is 3.58. The summed E-state index contributed by atoms with van der Waals surface area (Å²) in [6.07, 6.45) is 0. The molecular formula is C20H15NO3. The van der Waals surface area contributed by atoms with Gasteiger partial charge in [-0.2, -0.15) is 0 Å². The average Bonchev–Trinajstić information content (AvgIpc) is 2.63. The molecule has 4 nitrogen and oxygen atoms in total. The first-order valence-electron chi connectivity index (χ1n) is 7.41. The molecule has 0 aliphatic rings. The van der Waals surface area contributed by atoms with Crippen LogP contribution in [0.15, 0.2) is 78.9 Å². The zero-order valence-corrected chi connectivity index (χ0v) is 12.8. The van der Waals surface area contributed by atoms with Crippen LogP contribution in [0.2, 0.25) is 0 Å². The minimum atomic E-state index is -0.641. The Bertz CT molecular complexity index is 871. The Morgan fingerprint density at radius 2 is 1.29 bits per heavy atom. The van der Waals surface area contributed by atoms with Crippen LogP contribution < -0.4 is 10.5 Å². The van der Waals surface area contributed by atoms with Gasteiger partial charge in [-0.3, -0.25) is 4.79 Å². The number of ether oxygens (including phenoxy) is 1. The Hall–Kier alpha value is -3.40. The second-order valence-electron chi connectivity index (χ2n) is 5.19.